The predicted octanol–water partition coefficient (Wildman–Crippen LogP) is 5.37. The molecule has 0 saturated heterocycles. The van der Waals surface area contributed by atoms with Crippen LogP contribution in [0, 0.1) is 6.07 Å². The number of sulfone groups is 2. The lowest BCUT2D eigenvalue weighted by Crippen LogP contribution is -2.08. The van der Waals surface area contributed by atoms with Crippen molar-refractivity contribution in [1.29, 1.82) is 0 Å². The molecule has 0 fully saturated rings. The monoisotopic (exact) mass is 415 g/mol. The van der Waals surface area contributed by atoms with Crippen molar-refractivity contribution in [1.82, 2.24) is 0 Å². The second-order valence-electron chi connectivity index (χ2n) is 7.37. The zero-order valence-corrected chi connectivity index (χ0v) is 18.5. The van der Waals surface area contributed by atoms with Gasteiger partial charge in [0.15, 0.2) is 19.7 Å². The third-order valence-electron chi connectivity index (χ3n) is 4.78. The minimum atomic E-state index is -3.48. The first-order chi connectivity index (χ1) is 12.8. The van der Waals surface area contributed by atoms with E-state index in [0.29, 0.717) is 6.42 Å². The van der Waals surface area contributed by atoms with Crippen molar-refractivity contribution in [2.24, 2.45) is 0 Å². The normalized spacial score (nSPS) is 12.4. The average Bonchev–Trinajstić information content (AvgIpc) is 2.62. The van der Waals surface area contributed by atoms with Crippen LogP contribution in [0.25, 0.3) is 0 Å². The molecule has 0 spiro atoms. The molecule has 0 unspecified atom stereocenters. The summed E-state index contributed by atoms with van der Waals surface area (Å²) in [6.45, 7) is 2.23. The summed E-state index contributed by atoms with van der Waals surface area (Å²) in [5, 5.41) is 0. The van der Waals surface area contributed by atoms with Crippen LogP contribution in [-0.4, -0.2) is 28.8 Å². The minimum absolute atomic E-state index is 0.0199. The van der Waals surface area contributed by atoms with Crippen LogP contribution >= 0.6 is 0 Å². The highest BCUT2D eigenvalue weighted by atomic mass is 32.2. The van der Waals surface area contributed by atoms with Crippen molar-refractivity contribution in [3.8, 4) is 0 Å². The standard InChI is InChI=1S/C21H35O4S2/c1-3-4-5-6-7-8-9-10-11-12-13-14-18-27(24,25)21-17-15-16-20(19-21)26(2,22)23/h15-16,19H,3-14,18H2,1-2H3. The molecule has 0 aliphatic carbocycles. The van der Waals surface area contributed by atoms with E-state index in [4.69, 9.17) is 0 Å². The summed E-state index contributed by atoms with van der Waals surface area (Å²) in [5.74, 6) is 0.0497. The number of hydrogen-bond acceptors (Lipinski definition) is 4. The van der Waals surface area contributed by atoms with E-state index in [9.17, 15) is 16.8 Å². The van der Waals surface area contributed by atoms with E-state index < -0.39 is 19.7 Å². The van der Waals surface area contributed by atoms with Crippen molar-refractivity contribution < 1.29 is 16.8 Å². The van der Waals surface area contributed by atoms with E-state index in [1.807, 2.05) is 0 Å². The molecule has 0 aliphatic rings. The van der Waals surface area contributed by atoms with E-state index in [-0.39, 0.29) is 15.5 Å². The molecular weight excluding hydrogens is 380 g/mol. The van der Waals surface area contributed by atoms with Crippen molar-refractivity contribution in [2.75, 3.05) is 12.0 Å². The molecular formula is C21H35O4S2. The molecule has 0 N–H and O–H groups in total. The highest BCUT2D eigenvalue weighted by Gasteiger charge is 2.17. The van der Waals surface area contributed by atoms with Gasteiger partial charge in [0.25, 0.3) is 0 Å². The first-order valence-electron chi connectivity index (χ1n) is 10.2. The van der Waals surface area contributed by atoms with Gasteiger partial charge in [-0.3, -0.25) is 0 Å². The van der Waals surface area contributed by atoms with Crippen LogP contribution in [0.2, 0.25) is 0 Å². The average molecular weight is 416 g/mol. The summed E-state index contributed by atoms with van der Waals surface area (Å²) in [5.41, 5.74) is 0. The first-order valence-corrected chi connectivity index (χ1v) is 13.8. The van der Waals surface area contributed by atoms with Gasteiger partial charge in [0.05, 0.1) is 15.5 Å². The van der Waals surface area contributed by atoms with Crippen LogP contribution in [0.3, 0.4) is 0 Å². The van der Waals surface area contributed by atoms with E-state index >= 15 is 0 Å². The topological polar surface area (TPSA) is 68.3 Å². The Morgan fingerprint density at radius 3 is 1.74 bits per heavy atom. The lowest BCUT2D eigenvalue weighted by molar-refractivity contribution is 0.546. The summed E-state index contributed by atoms with van der Waals surface area (Å²) >= 11 is 0. The molecule has 1 aromatic carbocycles. The van der Waals surface area contributed by atoms with Gasteiger partial charge in [-0.05, 0) is 18.6 Å². The van der Waals surface area contributed by atoms with Gasteiger partial charge in [0, 0.05) is 12.3 Å². The second kappa shape index (κ2) is 12.6. The zero-order valence-electron chi connectivity index (χ0n) is 16.9. The maximum Gasteiger partial charge on any atom is 0.179 e. The van der Waals surface area contributed by atoms with Crippen LogP contribution in [0.1, 0.15) is 84.0 Å². The summed E-state index contributed by atoms with van der Waals surface area (Å²) < 4.78 is 47.9. The number of hydrogen-bond donors (Lipinski definition) is 0. The van der Waals surface area contributed by atoms with Gasteiger partial charge in [-0.15, -0.1) is 0 Å². The minimum Gasteiger partial charge on any atom is -0.224 e. The molecule has 0 bridgehead atoms. The lowest BCUT2D eigenvalue weighted by Gasteiger charge is -2.06. The fourth-order valence-corrected chi connectivity index (χ4v) is 5.16. The Balaban J connectivity index is 2.21. The SMILES string of the molecule is CCCCCCCCCCCCCCS(=O)(=O)c1[c]ccc(S(C)(=O)=O)c1. The Bertz CT molecular complexity index is 737. The molecule has 4 nitrogen and oxygen atoms in total. The number of rotatable bonds is 15. The smallest absolute Gasteiger partial charge is 0.179 e. The molecule has 1 aromatic rings. The van der Waals surface area contributed by atoms with E-state index in [0.717, 1.165) is 25.5 Å². The molecule has 155 valence electrons. The molecule has 0 saturated carbocycles. The second-order valence-corrected chi connectivity index (χ2v) is 11.5. The van der Waals surface area contributed by atoms with Crippen molar-refractivity contribution in [3.63, 3.8) is 0 Å². The molecule has 1 radical (unpaired) electrons. The summed E-state index contributed by atoms with van der Waals surface area (Å²) in [4.78, 5) is 0.00279. The maximum absolute atomic E-state index is 12.4. The third-order valence-corrected chi connectivity index (χ3v) is 7.62. The summed E-state index contributed by atoms with van der Waals surface area (Å²) in [6, 6.07) is 6.62. The Kier molecular flexibility index (Phi) is 11.2. The predicted molar refractivity (Wildman–Crippen MR) is 112 cm³/mol. The quantitative estimate of drug-likeness (QED) is 0.361. The fraction of sp³-hybridized carbons (Fsp3) is 0.714. The van der Waals surface area contributed by atoms with Gasteiger partial charge in [-0.1, -0.05) is 83.6 Å². The van der Waals surface area contributed by atoms with Gasteiger partial charge >= 0.3 is 0 Å². The van der Waals surface area contributed by atoms with E-state index in [2.05, 4.69) is 13.0 Å². The summed E-state index contributed by atoms with van der Waals surface area (Å²) in [7, 11) is -6.89. The lowest BCUT2D eigenvalue weighted by atomic mass is 10.1. The maximum atomic E-state index is 12.4. The van der Waals surface area contributed by atoms with Gasteiger partial charge in [-0.25, -0.2) is 16.8 Å². The van der Waals surface area contributed by atoms with Crippen molar-refractivity contribution in [2.45, 2.75) is 93.8 Å². The van der Waals surface area contributed by atoms with Crippen LogP contribution in [-0.2, 0) is 19.7 Å². The van der Waals surface area contributed by atoms with Gasteiger partial charge in [0.1, 0.15) is 0 Å². The fourth-order valence-electron chi connectivity index (χ4n) is 3.08. The largest absolute Gasteiger partial charge is 0.224 e. The van der Waals surface area contributed by atoms with E-state index in [1.54, 1.807) is 0 Å². The van der Waals surface area contributed by atoms with Crippen LogP contribution in [0.15, 0.2) is 28.0 Å². The first kappa shape index (κ1) is 24.2. The molecule has 0 aromatic heterocycles. The number of unbranched alkanes of at least 4 members (excludes halogenated alkanes) is 11. The Labute approximate surface area is 166 Å². The molecule has 27 heavy (non-hydrogen) atoms. The van der Waals surface area contributed by atoms with Gasteiger partial charge in [-0.2, -0.15) is 0 Å². The van der Waals surface area contributed by atoms with Crippen LogP contribution in [0.5, 0.6) is 0 Å². The summed E-state index contributed by atoms with van der Waals surface area (Å²) in [6.07, 6.45) is 15.3. The highest BCUT2D eigenvalue weighted by Crippen LogP contribution is 2.18. The highest BCUT2D eigenvalue weighted by molar-refractivity contribution is 7.92. The molecule has 0 amide bonds. The van der Waals surface area contributed by atoms with Crippen molar-refractivity contribution >= 4 is 19.7 Å². The Morgan fingerprint density at radius 2 is 1.26 bits per heavy atom. The molecule has 0 aliphatic heterocycles. The van der Waals surface area contributed by atoms with E-state index in [1.165, 1.54) is 69.6 Å². The van der Waals surface area contributed by atoms with Crippen LogP contribution < -0.4 is 0 Å². The number of benzene rings is 1. The van der Waals surface area contributed by atoms with Crippen molar-refractivity contribution in [3.05, 3.63) is 24.3 Å². The van der Waals surface area contributed by atoms with Gasteiger partial charge in [0.2, 0.25) is 0 Å². The molecule has 0 atom stereocenters. The Morgan fingerprint density at radius 1 is 0.778 bits per heavy atom. The van der Waals surface area contributed by atoms with Crippen LogP contribution in [0.4, 0.5) is 0 Å². The molecule has 1 rings (SSSR count). The zero-order chi connectivity index (χ0) is 20.2. The molecule has 6 heteroatoms. The third kappa shape index (κ3) is 10.3. The molecule has 0 heterocycles. The van der Waals surface area contributed by atoms with Gasteiger partial charge < -0.3 is 0 Å². The Hall–Kier alpha value is -0.880.